The van der Waals surface area contributed by atoms with E-state index in [9.17, 15) is 24.3 Å². The molecule has 0 unspecified atom stereocenters. The number of carboxylic acids is 1. The molecule has 10 heteroatoms. The number of imidazole rings is 1. The van der Waals surface area contributed by atoms with Gasteiger partial charge in [-0.05, 0) is 60.7 Å². The van der Waals surface area contributed by atoms with Gasteiger partial charge in [0.1, 0.15) is 5.65 Å². The van der Waals surface area contributed by atoms with Crippen molar-refractivity contribution in [2.75, 3.05) is 4.90 Å². The quantitative estimate of drug-likeness (QED) is 0.302. The Morgan fingerprint density at radius 2 is 1.51 bits per heavy atom. The van der Waals surface area contributed by atoms with Gasteiger partial charge in [0, 0.05) is 37.7 Å². The molecule has 3 heterocycles. The highest BCUT2D eigenvalue weighted by atomic mass is 35.5. The molecule has 6 aromatic rings. The van der Waals surface area contributed by atoms with E-state index in [1.165, 1.54) is 28.7 Å². The third-order valence-corrected chi connectivity index (χ3v) is 7.31. The zero-order valence-corrected chi connectivity index (χ0v) is 20.0. The predicted molar refractivity (Wildman–Crippen MR) is 140 cm³/mol. The highest BCUT2D eigenvalue weighted by Crippen LogP contribution is 2.40. The number of aromatic nitrogens is 2. The Hall–Kier alpha value is -4.53. The van der Waals surface area contributed by atoms with E-state index in [0.717, 1.165) is 4.90 Å². The number of anilines is 1. The normalized spacial score (nSPS) is 13.5. The molecule has 4 aromatic carbocycles. The fourth-order valence-electron chi connectivity index (χ4n) is 5.14. The van der Waals surface area contributed by atoms with Crippen molar-refractivity contribution < 1.29 is 19.5 Å². The minimum atomic E-state index is -1.23. The standard InChI is InChI=1S/C27H11Cl2N3O5/c28-12-2-8-18-20(10-12)31-23(30-18)13-3-4-15-22-16(6-5-14(21(13)22)24(31)33)26(35)32(25(15)34)19-9-11(27(36)37)1-7-17(19)29/h1-10H,(H,36,37). The first-order valence-corrected chi connectivity index (χ1v) is 11.8. The number of hydrogen-bond acceptors (Lipinski definition) is 5. The number of carbonyl (C=O) groups is 3. The smallest absolute Gasteiger partial charge is 0.335 e. The molecule has 0 radical (unpaired) electrons. The zero-order chi connectivity index (χ0) is 25.7. The Labute approximate surface area is 216 Å². The second kappa shape index (κ2) is 7.25. The van der Waals surface area contributed by atoms with Gasteiger partial charge < -0.3 is 5.11 Å². The van der Waals surface area contributed by atoms with Crippen molar-refractivity contribution in [3.05, 3.63) is 97.8 Å². The molecule has 8 nitrogen and oxygen atoms in total. The van der Waals surface area contributed by atoms with Crippen molar-refractivity contribution in [2.45, 2.75) is 0 Å². The lowest BCUT2D eigenvalue weighted by Crippen LogP contribution is -2.40. The molecule has 1 aliphatic rings. The van der Waals surface area contributed by atoms with Gasteiger partial charge in [0.25, 0.3) is 17.4 Å². The number of carbonyl (C=O) groups excluding carboxylic acids is 2. The molecule has 0 aliphatic carbocycles. The van der Waals surface area contributed by atoms with Crippen molar-refractivity contribution in [3.63, 3.8) is 0 Å². The van der Waals surface area contributed by atoms with Gasteiger partial charge in [-0.1, -0.05) is 23.2 Å². The summed E-state index contributed by atoms with van der Waals surface area (Å²) in [5, 5.41) is 11.6. The first kappa shape index (κ1) is 21.7. The number of nitrogens with zero attached hydrogens (tertiary/aromatic N) is 3. The van der Waals surface area contributed by atoms with Gasteiger partial charge in [-0.25, -0.2) is 14.7 Å². The molecule has 0 bridgehead atoms. The van der Waals surface area contributed by atoms with Crippen LogP contribution in [0, 0.1) is 0 Å². The van der Waals surface area contributed by atoms with Gasteiger partial charge >= 0.3 is 5.97 Å². The summed E-state index contributed by atoms with van der Waals surface area (Å²) in [5.74, 6) is -2.58. The summed E-state index contributed by atoms with van der Waals surface area (Å²) >= 11 is 12.5. The van der Waals surface area contributed by atoms with Gasteiger partial charge in [-0.2, -0.15) is 0 Å². The summed E-state index contributed by atoms with van der Waals surface area (Å²) in [5.41, 5.74) is 1.38. The van der Waals surface area contributed by atoms with Crippen LogP contribution in [0.15, 0.2) is 65.5 Å². The largest absolute Gasteiger partial charge is 0.478 e. The van der Waals surface area contributed by atoms with Crippen LogP contribution < -0.4 is 10.5 Å². The van der Waals surface area contributed by atoms with Crippen molar-refractivity contribution in [1.82, 2.24) is 9.38 Å². The van der Waals surface area contributed by atoms with Crippen molar-refractivity contribution in [2.24, 2.45) is 0 Å². The highest BCUT2D eigenvalue weighted by Gasteiger charge is 2.36. The van der Waals surface area contributed by atoms with Crippen LogP contribution in [0.25, 0.3) is 38.2 Å². The number of benzene rings is 4. The fourth-order valence-corrected chi connectivity index (χ4v) is 5.51. The third-order valence-electron chi connectivity index (χ3n) is 6.75. The summed E-state index contributed by atoms with van der Waals surface area (Å²) in [4.78, 5) is 58.0. The summed E-state index contributed by atoms with van der Waals surface area (Å²) in [7, 11) is 0. The van der Waals surface area contributed by atoms with Crippen LogP contribution in [0.2, 0.25) is 10.0 Å². The van der Waals surface area contributed by atoms with Crippen molar-refractivity contribution in [3.8, 4) is 0 Å². The maximum Gasteiger partial charge on any atom is 0.335 e. The Bertz CT molecular complexity index is 2100. The molecule has 0 spiro atoms. The molecule has 37 heavy (non-hydrogen) atoms. The third kappa shape index (κ3) is 2.76. The Morgan fingerprint density at radius 1 is 0.811 bits per heavy atom. The molecule has 2 amide bonds. The molecule has 0 saturated carbocycles. The topological polar surface area (TPSA) is 109 Å². The Morgan fingerprint density at radius 3 is 2.22 bits per heavy atom. The lowest BCUT2D eigenvalue weighted by atomic mass is 9.90. The van der Waals surface area contributed by atoms with E-state index in [1.807, 2.05) is 0 Å². The average molecular weight is 528 g/mol. The monoisotopic (exact) mass is 527 g/mol. The molecule has 0 saturated heterocycles. The molecule has 0 fully saturated rings. The maximum atomic E-state index is 13.7. The SMILES string of the molecule is O=C(O)c1ccc(Cl)c(N2C(=O)c3ccc4c(=O)n5c6cc(Cl)ccc6nc5c5ccc(c3c45)C2=O)c1. The van der Waals surface area contributed by atoms with E-state index in [4.69, 9.17) is 23.2 Å². The first-order valence-electron chi connectivity index (χ1n) is 11.0. The molecule has 2 aromatic heterocycles. The molecular formula is C27H11Cl2N3O5. The number of imide groups is 1. The number of rotatable bonds is 2. The van der Waals surface area contributed by atoms with Crippen LogP contribution in [0.4, 0.5) is 5.69 Å². The second-order valence-electron chi connectivity index (χ2n) is 8.70. The molecular weight excluding hydrogens is 517 g/mol. The van der Waals surface area contributed by atoms with Gasteiger partial charge in [0.15, 0.2) is 0 Å². The minimum Gasteiger partial charge on any atom is -0.478 e. The zero-order valence-electron chi connectivity index (χ0n) is 18.5. The Balaban J connectivity index is 1.56. The number of amides is 2. The average Bonchev–Trinajstić information content (AvgIpc) is 3.26. The Kier molecular flexibility index (Phi) is 4.26. The van der Waals surface area contributed by atoms with Crippen LogP contribution in [-0.2, 0) is 0 Å². The van der Waals surface area contributed by atoms with E-state index in [-0.39, 0.29) is 33.0 Å². The van der Waals surface area contributed by atoms with Gasteiger partial charge in [0.05, 0.1) is 27.3 Å². The highest BCUT2D eigenvalue weighted by molar-refractivity contribution is 6.42. The van der Waals surface area contributed by atoms with E-state index in [0.29, 0.717) is 43.2 Å². The summed E-state index contributed by atoms with van der Waals surface area (Å²) in [6.07, 6.45) is 0. The number of pyridine rings is 1. The van der Waals surface area contributed by atoms with Gasteiger partial charge in [-0.15, -0.1) is 0 Å². The number of fused-ring (bicyclic) bond motifs is 4. The van der Waals surface area contributed by atoms with Crippen LogP contribution in [0.1, 0.15) is 31.1 Å². The lowest BCUT2D eigenvalue weighted by molar-refractivity contribution is 0.0695. The molecule has 0 atom stereocenters. The van der Waals surface area contributed by atoms with Crippen molar-refractivity contribution in [1.29, 1.82) is 0 Å². The number of hydrogen-bond donors (Lipinski definition) is 1. The lowest BCUT2D eigenvalue weighted by Gasteiger charge is -2.28. The van der Waals surface area contributed by atoms with Gasteiger partial charge in [-0.3, -0.25) is 18.8 Å². The molecule has 178 valence electrons. The van der Waals surface area contributed by atoms with Crippen LogP contribution >= 0.6 is 23.2 Å². The van der Waals surface area contributed by atoms with Crippen molar-refractivity contribution >= 4 is 84.9 Å². The number of aromatic carboxylic acids is 1. The minimum absolute atomic E-state index is 0.0367. The predicted octanol–water partition coefficient (Wildman–Crippen LogP) is 5.40. The molecule has 1 N–H and O–H groups in total. The number of carboxylic acid groups (broad SMARTS) is 1. The fraction of sp³-hybridized carbons (Fsp3) is 0. The number of halogens is 2. The van der Waals surface area contributed by atoms with Gasteiger partial charge in [0.2, 0.25) is 0 Å². The summed E-state index contributed by atoms with van der Waals surface area (Å²) in [6, 6.07) is 15.2. The summed E-state index contributed by atoms with van der Waals surface area (Å²) in [6.45, 7) is 0. The second-order valence-corrected chi connectivity index (χ2v) is 9.54. The van der Waals surface area contributed by atoms with E-state index in [2.05, 4.69) is 4.98 Å². The summed E-state index contributed by atoms with van der Waals surface area (Å²) < 4.78 is 1.48. The van der Waals surface area contributed by atoms with E-state index in [1.54, 1.807) is 36.4 Å². The van der Waals surface area contributed by atoms with Crippen LogP contribution in [0.5, 0.6) is 0 Å². The van der Waals surface area contributed by atoms with E-state index < -0.39 is 17.8 Å². The maximum absolute atomic E-state index is 13.7. The van der Waals surface area contributed by atoms with Crippen LogP contribution in [0.3, 0.4) is 0 Å². The molecule has 1 aliphatic heterocycles. The van der Waals surface area contributed by atoms with E-state index >= 15 is 0 Å². The molecule has 7 rings (SSSR count). The first-order chi connectivity index (χ1) is 17.8. The van der Waals surface area contributed by atoms with Crippen LogP contribution in [-0.4, -0.2) is 32.3 Å².